The van der Waals surface area contributed by atoms with Crippen LogP contribution in [0.25, 0.3) is 0 Å². The van der Waals surface area contributed by atoms with Crippen LogP contribution in [-0.4, -0.2) is 28.5 Å². The fraction of sp³-hybridized carbons (Fsp3) is 0.444. The number of nitrogens with one attached hydrogen (secondary N) is 1. The van der Waals surface area contributed by atoms with Crippen LogP contribution >= 0.6 is 0 Å². The molecule has 0 aromatic carbocycles. The second kappa shape index (κ2) is 4.21. The van der Waals surface area contributed by atoms with Crippen LogP contribution in [0, 0.1) is 0 Å². The van der Waals surface area contributed by atoms with Crippen LogP contribution in [0.15, 0.2) is 6.33 Å². The zero-order valence-electron chi connectivity index (χ0n) is 9.44. The molecule has 0 aliphatic carbocycles. The minimum Gasteiger partial charge on any atom is -0.490 e. The summed E-state index contributed by atoms with van der Waals surface area (Å²) < 4.78 is 5.04. The fourth-order valence-electron chi connectivity index (χ4n) is 1.04. The third-order valence-corrected chi connectivity index (χ3v) is 2.08. The number of nitrogen functional groups attached to an aromatic ring is 1. The molecule has 0 bridgehead atoms. The summed E-state index contributed by atoms with van der Waals surface area (Å²) in [7, 11) is 1.44. The van der Waals surface area contributed by atoms with E-state index in [1.807, 2.05) is 0 Å². The van der Waals surface area contributed by atoms with Gasteiger partial charge in [-0.25, -0.2) is 9.97 Å². The highest BCUT2D eigenvalue weighted by molar-refractivity contribution is 5.87. The van der Waals surface area contributed by atoms with Crippen LogP contribution in [0.5, 0.6) is 5.75 Å². The molecule has 7 heteroatoms. The van der Waals surface area contributed by atoms with Crippen molar-refractivity contribution in [1.29, 1.82) is 0 Å². The smallest absolute Gasteiger partial charge is 0.242 e. The molecule has 1 aromatic heterocycles. The summed E-state index contributed by atoms with van der Waals surface area (Å²) in [5.74, 6) is 0.308. The van der Waals surface area contributed by atoms with Crippen molar-refractivity contribution in [2.24, 2.45) is 5.73 Å². The third-order valence-electron chi connectivity index (χ3n) is 2.08. The maximum Gasteiger partial charge on any atom is 0.242 e. The molecule has 0 atom stereocenters. The Labute approximate surface area is 93.2 Å². The van der Waals surface area contributed by atoms with Gasteiger partial charge in [0.25, 0.3) is 0 Å². The normalized spacial score (nSPS) is 10.9. The number of hydrogen-bond acceptors (Lipinski definition) is 6. The molecule has 0 saturated heterocycles. The number of carbonyl (C=O) groups is 1. The molecule has 0 unspecified atom stereocenters. The molecule has 1 aromatic rings. The quantitative estimate of drug-likeness (QED) is 0.650. The lowest BCUT2D eigenvalue weighted by Crippen LogP contribution is -2.45. The van der Waals surface area contributed by atoms with Gasteiger partial charge in [0, 0.05) is 0 Å². The van der Waals surface area contributed by atoms with Crippen molar-refractivity contribution in [1.82, 2.24) is 9.97 Å². The first-order valence-corrected chi connectivity index (χ1v) is 4.61. The molecule has 1 rings (SSSR count). The van der Waals surface area contributed by atoms with Gasteiger partial charge in [0.2, 0.25) is 11.7 Å². The average molecular weight is 225 g/mol. The summed E-state index contributed by atoms with van der Waals surface area (Å²) in [6, 6.07) is 0. The molecular formula is C9H15N5O2. The van der Waals surface area contributed by atoms with Crippen molar-refractivity contribution in [2.75, 3.05) is 18.2 Å². The van der Waals surface area contributed by atoms with E-state index in [2.05, 4.69) is 15.3 Å². The molecule has 88 valence electrons. The van der Waals surface area contributed by atoms with E-state index in [1.54, 1.807) is 13.8 Å². The molecule has 0 fully saturated rings. The van der Waals surface area contributed by atoms with Crippen molar-refractivity contribution in [3.05, 3.63) is 6.33 Å². The van der Waals surface area contributed by atoms with Crippen LogP contribution in [0.2, 0.25) is 0 Å². The average Bonchev–Trinajstić information content (AvgIpc) is 2.17. The molecule has 5 N–H and O–H groups in total. The Morgan fingerprint density at radius 3 is 2.62 bits per heavy atom. The highest BCUT2D eigenvalue weighted by atomic mass is 16.5. The maximum atomic E-state index is 11.2. The molecular weight excluding hydrogens is 210 g/mol. The Kier molecular flexibility index (Phi) is 3.17. The van der Waals surface area contributed by atoms with E-state index in [0.717, 1.165) is 0 Å². The van der Waals surface area contributed by atoms with Gasteiger partial charge < -0.3 is 21.5 Å². The van der Waals surface area contributed by atoms with Crippen LogP contribution in [0.3, 0.4) is 0 Å². The van der Waals surface area contributed by atoms with Crippen LogP contribution in [0.4, 0.5) is 11.6 Å². The van der Waals surface area contributed by atoms with Gasteiger partial charge in [-0.3, -0.25) is 4.79 Å². The van der Waals surface area contributed by atoms with Gasteiger partial charge in [-0.2, -0.15) is 0 Å². The topological polar surface area (TPSA) is 116 Å². The first-order chi connectivity index (χ1) is 7.38. The lowest BCUT2D eigenvalue weighted by atomic mass is 10.1. The summed E-state index contributed by atoms with van der Waals surface area (Å²) >= 11 is 0. The van der Waals surface area contributed by atoms with Gasteiger partial charge in [-0.05, 0) is 13.8 Å². The Bertz CT molecular complexity index is 405. The molecule has 0 saturated carbocycles. The number of anilines is 2. The Morgan fingerprint density at radius 2 is 2.12 bits per heavy atom. The Hall–Kier alpha value is -2.05. The summed E-state index contributed by atoms with van der Waals surface area (Å²) in [6.45, 7) is 3.26. The molecule has 0 radical (unpaired) electrons. The largest absolute Gasteiger partial charge is 0.490 e. The van der Waals surface area contributed by atoms with Crippen molar-refractivity contribution in [3.63, 3.8) is 0 Å². The molecule has 0 aliphatic heterocycles. The number of amides is 1. The maximum absolute atomic E-state index is 11.2. The Morgan fingerprint density at radius 1 is 1.50 bits per heavy atom. The first-order valence-electron chi connectivity index (χ1n) is 4.61. The third kappa shape index (κ3) is 2.30. The predicted molar refractivity (Wildman–Crippen MR) is 59.9 cm³/mol. The van der Waals surface area contributed by atoms with E-state index in [1.165, 1.54) is 13.4 Å². The van der Waals surface area contributed by atoms with E-state index in [-0.39, 0.29) is 11.6 Å². The number of methoxy groups -OCH3 is 1. The van der Waals surface area contributed by atoms with Crippen molar-refractivity contribution in [2.45, 2.75) is 19.4 Å². The van der Waals surface area contributed by atoms with E-state index < -0.39 is 11.4 Å². The number of nitrogens with two attached hydrogens (primary N) is 2. The van der Waals surface area contributed by atoms with Crippen molar-refractivity contribution >= 4 is 17.5 Å². The minimum atomic E-state index is -0.950. The molecule has 1 heterocycles. The summed E-state index contributed by atoms with van der Waals surface area (Å²) in [6.07, 6.45) is 1.28. The highest BCUT2D eigenvalue weighted by Gasteiger charge is 2.26. The number of nitrogens with zero attached hydrogens (tertiary/aromatic N) is 2. The highest BCUT2D eigenvalue weighted by Crippen LogP contribution is 2.28. The fourth-order valence-corrected chi connectivity index (χ4v) is 1.04. The van der Waals surface area contributed by atoms with Gasteiger partial charge in [0.05, 0.1) is 7.11 Å². The van der Waals surface area contributed by atoms with E-state index in [9.17, 15) is 4.79 Å². The lowest BCUT2D eigenvalue weighted by molar-refractivity contribution is -0.121. The standard InChI is InChI=1S/C9H15N5O2/c1-9(2,8(11)15)14-7-5(16-3)6(10)12-4-13-7/h4H,1-3H3,(H2,11,15)(H3,10,12,13,14). The Balaban J connectivity index is 3.06. The van der Waals surface area contributed by atoms with Gasteiger partial charge in [-0.15, -0.1) is 0 Å². The lowest BCUT2D eigenvalue weighted by Gasteiger charge is -2.23. The predicted octanol–water partition coefficient (Wildman–Crippen LogP) is -0.257. The second-order valence-corrected chi connectivity index (χ2v) is 3.76. The zero-order valence-corrected chi connectivity index (χ0v) is 9.44. The summed E-state index contributed by atoms with van der Waals surface area (Å²) in [5.41, 5.74) is 9.87. The number of ether oxygens (including phenoxy) is 1. The van der Waals surface area contributed by atoms with Gasteiger partial charge >= 0.3 is 0 Å². The molecule has 7 nitrogen and oxygen atoms in total. The molecule has 0 aliphatic rings. The SMILES string of the molecule is COc1c(N)ncnc1NC(C)(C)C(N)=O. The van der Waals surface area contributed by atoms with Crippen LogP contribution in [0.1, 0.15) is 13.8 Å². The zero-order chi connectivity index (χ0) is 12.3. The van der Waals surface area contributed by atoms with Gasteiger partial charge in [0.1, 0.15) is 11.9 Å². The molecule has 0 spiro atoms. The number of aromatic nitrogens is 2. The number of primary amides is 1. The van der Waals surface area contributed by atoms with Crippen LogP contribution in [-0.2, 0) is 4.79 Å². The number of hydrogen-bond donors (Lipinski definition) is 3. The van der Waals surface area contributed by atoms with E-state index >= 15 is 0 Å². The minimum absolute atomic E-state index is 0.195. The molecule has 1 amide bonds. The number of rotatable bonds is 4. The molecule has 16 heavy (non-hydrogen) atoms. The van der Waals surface area contributed by atoms with E-state index in [0.29, 0.717) is 5.82 Å². The van der Waals surface area contributed by atoms with Crippen molar-refractivity contribution < 1.29 is 9.53 Å². The summed E-state index contributed by atoms with van der Waals surface area (Å²) in [5, 5.41) is 2.85. The van der Waals surface area contributed by atoms with Crippen LogP contribution < -0.4 is 21.5 Å². The monoisotopic (exact) mass is 225 g/mol. The summed E-state index contributed by atoms with van der Waals surface area (Å²) in [4.78, 5) is 18.9. The first kappa shape index (κ1) is 12.0. The van der Waals surface area contributed by atoms with Crippen molar-refractivity contribution in [3.8, 4) is 5.75 Å². The number of carbonyl (C=O) groups excluding carboxylic acids is 1. The van der Waals surface area contributed by atoms with Gasteiger partial charge in [-0.1, -0.05) is 0 Å². The second-order valence-electron chi connectivity index (χ2n) is 3.76. The van der Waals surface area contributed by atoms with E-state index in [4.69, 9.17) is 16.2 Å². The van der Waals surface area contributed by atoms with Gasteiger partial charge in [0.15, 0.2) is 11.6 Å².